The number of aromatic nitrogens is 3. The summed E-state index contributed by atoms with van der Waals surface area (Å²) in [6.07, 6.45) is 6.19. The Labute approximate surface area is 104 Å². The molecule has 0 unspecified atom stereocenters. The molecule has 0 saturated heterocycles. The molecule has 0 spiro atoms. The number of hydrogen-bond acceptors (Lipinski definition) is 5. The van der Waals surface area contributed by atoms with Gasteiger partial charge in [0.25, 0.3) is 0 Å². The highest BCUT2D eigenvalue weighted by molar-refractivity contribution is 7.99. The zero-order valence-corrected chi connectivity index (χ0v) is 10.4. The second kappa shape index (κ2) is 6.46. The third kappa shape index (κ3) is 3.34. The van der Waals surface area contributed by atoms with Crippen molar-refractivity contribution in [1.82, 2.24) is 14.6 Å². The van der Waals surface area contributed by atoms with E-state index in [2.05, 4.69) is 15.4 Å². The predicted molar refractivity (Wildman–Crippen MR) is 70.5 cm³/mol. The molecule has 0 fully saturated rings. The van der Waals surface area contributed by atoms with E-state index in [0.717, 1.165) is 35.8 Å². The highest BCUT2D eigenvalue weighted by Crippen LogP contribution is 2.12. The first kappa shape index (κ1) is 12.2. The molecule has 0 aliphatic rings. The summed E-state index contributed by atoms with van der Waals surface area (Å²) in [5.74, 6) is 2.88. The standard InChI is InChI=1S/C11H16N4OS/c16-7-1-8-17-9-5-13-11-10-2-3-14-15(10)6-4-12-11/h2-4,6,16H,1,5,7-9H2,(H,12,13). The van der Waals surface area contributed by atoms with Gasteiger partial charge in [-0.15, -0.1) is 0 Å². The maximum absolute atomic E-state index is 8.65. The van der Waals surface area contributed by atoms with Crippen LogP contribution in [0.25, 0.3) is 5.52 Å². The zero-order chi connectivity index (χ0) is 11.9. The Bertz CT molecular complexity index is 459. The van der Waals surface area contributed by atoms with E-state index in [1.807, 2.05) is 24.0 Å². The van der Waals surface area contributed by atoms with E-state index in [1.54, 1.807) is 16.9 Å². The van der Waals surface area contributed by atoms with E-state index < -0.39 is 0 Å². The van der Waals surface area contributed by atoms with E-state index in [0.29, 0.717) is 0 Å². The van der Waals surface area contributed by atoms with E-state index in [9.17, 15) is 0 Å². The van der Waals surface area contributed by atoms with Crippen LogP contribution in [-0.4, -0.2) is 44.4 Å². The lowest BCUT2D eigenvalue weighted by molar-refractivity contribution is 0.296. The summed E-state index contributed by atoms with van der Waals surface area (Å²) in [4.78, 5) is 4.29. The SMILES string of the molecule is OCCCSCCNc1nccn2nccc12. The average molecular weight is 252 g/mol. The minimum Gasteiger partial charge on any atom is -0.396 e. The monoisotopic (exact) mass is 252 g/mol. The topological polar surface area (TPSA) is 62.5 Å². The number of nitrogens with one attached hydrogen (secondary N) is 1. The van der Waals surface area contributed by atoms with Crippen LogP contribution in [0.1, 0.15) is 6.42 Å². The fourth-order valence-corrected chi connectivity index (χ4v) is 2.29. The van der Waals surface area contributed by atoms with E-state index in [4.69, 9.17) is 5.11 Å². The van der Waals surface area contributed by atoms with E-state index >= 15 is 0 Å². The smallest absolute Gasteiger partial charge is 0.152 e. The van der Waals surface area contributed by atoms with Crippen molar-refractivity contribution in [2.75, 3.05) is 30.0 Å². The van der Waals surface area contributed by atoms with Gasteiger partial charge >= 0.3 is 0 Å². The second-order valence-corrected chi connectivity index (χ2v) is 4.78. The maximum atomic E-state index is 8.65. The summed E-state index contributed by atoms with van der Waals surface area (Å²) in [7, 11) is 0. The van der Waals surface area contributed by atoms with Gasteiger partial charge in [0.1, 0.15) is 5.52 Å². The minimum atomic E-state index is 0.275. The van der Waals surface area contributed by atoms with Gasteiger partial charge in [-0.3, -0.25) is 0 Å². The Balaban J connectivity index is 1.80. The molecule has 0 aliphatic carbocycles. The van der Waals surface area contributed by atoms with Crippen molar-refractivity contribution in [3.05, 3.63) is 24.7 Å². The van der Waals surface area contributed by atoms with Crippen molar-refractivity contribution in [3.8, 4) is 0 Å². The maximum Gasteiger partial charge on any atom is 0.152 e. The van der Waals surface area contributed by atoms with Crippen LogP contribution in [0.5, 0.6) is 0 Å². The Kier molecular flexibility index (Phi) is 4.63. The lowest BCUT2D eigenvalue weighted by atomic mass is 10.4. The first-order valence-corrected chi connectivity index (χ1v) is 6.78. The molecule has 6 heteroatoms. The molecule has 2 aromatic heterocycles. The van der Waals surface area contributed by atoms with Crippen LogP contribution in [0.3, 0.4) is 0 Å². The molecule has 2 heterocycles. The number of rotatable bonds is 7. The third-order valence-corrected chi connectivity index (χ3v) is 3.38. The van der Waals surface area contributed by atoms with Gasteiger partial charge in [0, 0.05) is 31.3 Å². The number of hydrogen-bond donors (Lipinski definition) is 2. The first-order chi connectivity index (χ1) is 8.42. The molecule has 0 amide bonds. The second-order valence-electron chi connectivity index (χ2n) is 3.55. The summed E-state index contributed by atoms with van der Waals surface area (Å²) in [6.45, 7) is 1.14. The lowest BCUT2D eigenvalue weighted by Crippen LogP contribution is -2.07. The van der Waals surface area contributed by atoms with Gasteiger partial charge in [0.05, 0.1) is 6.20 Å². The van der Waals surface area contributed by atoms with Gasteiger partial charge in [-0.1, -0.05) is 0 Å². The highest BCUT2D eigenvalue weighted by Gasteiger charge is 2.01. The molecule has 2 rings (SSSR count). The molecule has 92 valence electrons. The van der Waals surface area contributed by atoms with E-state index in [1.165, 1.54) is 0 Å². The third-order valence-electron chi connectivity index (χ3n) is 2.31. The van der Waals surface area contributed by atoms with Gasteiger partial charge in [-0.05, 0) is 18.2 Å². The summed E-state index contributed by atoms with van der Waals surface area (Å²) in [5, 5.41) is 16.1. The minimum absolute atomic E-state index is 0.275. The average Bonchev–Trinajstić information content (AvgIpc) is 2.82. The van der Waals surface area contributed by atoms with Crippen LogP contribution in [0.2, 0.25) is 0 Å². The Morgan fingerprint density at radius 2 is 2.29 bits per heavy atom. The number of aliphatic hydroxyl groups is 1. The normalized spacial score (nSPS) is 10.9. The Morgan fingerprint density at radius 3 is 3.18 bits per heavy atom. The molecule has 0 saturated carbocycles. The van der Waals surface area contributed by atoms with Crippen molar-refractivity contribution >= 4 is 23.1 Å². The molecular weight excluding hydrogens is 236 g/mol. The van der Waals surface area contributed by atoms with Gasteiger partial charge in [-0.25, -0.2) is 9.50 Å². The van der Waals surface area contributed by atoms with Gasteiger partial charge in [-0.2, -0.15) is 16.9 Å². The molecule has 2 N–H and O–H groups in total. The lowest BCUT2D eigenvalue weighted by Gasteiger charge is -2.06. The van der Waals surface area contributed by atoms with Crippen molar-refractivity contribution in [3.63, 3.8) is 0 Å². The summed E-state index contributed by atoms with van der Waals surface area (Å²) in [6, 6.07) is 1.94. The quantitative estimate of drug-likeness (QED) is 0.726. The summed E-state index contributed by atoms with van der Waals surface area (Å²) < 4.78 is 1.80. The van der Waals surface area contributed by atoms with Crippen LogP contribution < -0.4 is 5.32 Å². The molecule has 5 nitrogen and oxygen atoms in total. The van der Waals surface area contributed by atoms with Crippen molar-refractivity contribution in [2.45, 2.75) is 6.42 Å². The molecule has 2 aromatic rings. The van der Waals surface area contributed by atoms with Crippen molar-refractivity contribution in [2.24, 2.45) is 0 Å². The predicted octanol–water partition coefficient (Wildman–Crippen LogP) is 1.26. The van der Waals surface area contributed by atoms with Crippen LogP contribution in [0.4, 0.5) is 5.82 Å². The Hall–Kier alpha value is -1.27. The number of aliphatic hydroxyl groups excluding tert-OH is 1. The number of nitrogens with zero attached hydrogens (tertiary/aromatic N) is 3. The van der Waals surface area contributed by atoms with Gasteiger partial charge < -0.3 is 10.4 Å². The zero-order valence-electron chi connectivity index (χ0n) is 9.54. The van der Waals surface area contributed by atoms with Crippen LogP contribution in [-0.2, 0) is 0 Å². The highest BCUT2D eigenvalue weighted by atomic mass is 32.2. The van der Waals surface area contributed by atoms with Gasteiger partial charge in [0.15, 0.2) is 5.82 Å². The fourth-order valence-electron chi connectivity index (χ4n) is 1.50. The Morgan fingerprint density at radius 1 is 1.35 bits per heavy atom. The first-order valence-electron chi connectivity index (χ1n) is 5.62. The summed E-state index contributed by atoms with van der Waals surface area (Å²) >= 11 is 1.83. The van der Waals surface area contributed by atoms with Crippen LogP contribution in [0.15, 0.2) is 24.7 Å². The molecule has 17 heavy (non-hydrogen) atoms. The molecule has 0 aromatic carbocycles. The summed E-state index contributed by atoms with van der Waals surface area (Å²) in [5.41, 5.74) is 0.993. The molecule has 0 aliphatic heterocycles. The van der Waals surface area contributed by atoms with Crippen molar-refractivity contribution < 1.29 is 5.11 Å². The van der Waals surface area contributed by atoms with Crippen molar-refractivity contribution in [1.29, 1.82) is 0 Å². The van der Waals surface area contributed by atoms with Gasteiger partial charge in [0.2, 0.25) is 0 Å². The molecular formula is C11H16N4OS. The molecule has 0 radical (unpaired) electrons. The largest absolute Gasteiger partial charge is 0.396 e. The van der Waals surface area contributed by atoms with Crippen LogP contribution >= 0.6 is 11.8 Å². The van der Waals surface area contributed by atoms with E-state index in [-0.39, 0.29) is 6.61 Å². The fraction of sp³-hybridized carbons (Fsp3) is 0.455. The number of thioether (sulfide) groups is 1. The molecule has 0 atom stereocenters. The molecule has 0 bridgehead atoms. The van der Waals surface area contributed by atoms with Crippen LogP contribution in [0, 0.1) is 0 Å². The number of fused-ring (bicyclic) bond motifs is 1. The number of anilines is 1.